The van der Waals surface area contributed by atoms with E-state index in [1.807, 2.05) is 12.1 Å². The van der Waals surface area contributed by atoms with Crippen molar-refractivity contribution < 1.29 is 14.3 Å². The van der Waals surface area contributed by atoms with E-state index in [1.165, 1.54) is 7.11 Å². The summed E-state index contributed by atoms with van der Waals surface area (Å²) in [6.07, 6.45) is 1.81. The van der Waals surface area contributed by atoms with E-state index in [0.29, 0.717) is 13.1 Å². The molecule has 2 rings (SSSR count). The van der Waals surface area contributed by atoms with Gasteiger partial charge in [0.15, 0.2) is 0 Å². The van der Waals surface area contributed by atoms with Crippen LogP contribution in [0.25, 0.3) is 0 Å². The Hall–Kier alpha value is -1.82. The summed E-state index contributed by atoms with van der Waals surface area (Å²) in [5, 5.41) is 2.85. The summed E-state index contributed by atoms with van der Waals surface area (Å²) in [5.74, 6) is -0.353. The van der Waals surface area contributed by atoms with Crippen molar-refractivity contribution in [3.8, 4) is 0 Å². The number of amides is 1. The predicted molar refractivity (Wildman–Crippen MR) is 60.0 cm³/mol. The Bertz CT molecular complexity index is 402. The van der Waals surface area contributed by atoms with Gasteiger partial charge in [0.05, 0.1) is 20.2 Å². The van der Waals surface area contributed by atoms with Crippen LogP contribution >= 0.6 is 0 Å². The van der Waals surface area contributed by atoms with Gasteiger partial charge in [0, 0.05) is 18.4 Å². The molecule has 1 atom stereocenters. The number of hydrogen-bond acceptors (Lipinski definition) is 4. The summed E-state index contributed by atoms with van der Waals surface area (Å²) in [5.41, 5.74) is 0.948. The summed E-state index contributed by atoms with van der Waals surface area (Å²) in [4.78, 5) is 27.7. The van der Waals surface area contributed by atoms with Crippen LogP contribution in [0, 0.1) is 0 Å². The third kappa shape index (κ3) is 2.65. The van der Waals surface area contributed by atoms with Crippen molar-refractivity contribution in [3.05, 3.63) is 24.0 Å². The molecule has 1 fully saturated rings. The zero-order valence-corrected chi connectivity index (χ0v) is 9.60. The molecule has 0 saturated carbocycles. The molecule has 1 aromatic heterocycles. The molecule has 1 amide bonds. The number of esters is 1. The minimum absolute atomic E-state index is 0.0141. The molecule has 2 N–H and O–H groups in total. The number of carbonyl (C=O) groups excluding carboxylic acids is 2. The van der Waals surface area contributed by atoms with Crippen molar-refractivity contribution in [3.63, 3.8) is 0 Å². The van der Waals surface area contributed by atoms with Crippen LogP contribution in [-0.2, 0) is 20.9 Å². The second-order valence-corrected chi connectivity index (χ2v) is 3.93. The standard InChI is InChI=1S/C11H15N3O3/c1-17-11(16)9-7-14(10(15)5-13-9)6-8-3-2-4-12-8/h2-4,9,12-13H,5-7H2,1H3. The number of methoxy groups -OCH3 is 1. The van der Waals surface area contributed by atoms with Gasteiger partial charge in [0.2, 0.25) is 5.91 Å². The summed E-state index contributed by atoms with van der Waals surface area (Å²) in [6.45, 7) is 0.992. The minimum Gasteiger partial charge on any atom is -0.468 e. The lowest BCUT2D eigenvalue weighted by Crippen LogP contribution is -2.56. The highest BCUT2D eigenvalue weighted by Gasteiger charge is 2.30. The summed E-state index contributed by atoms with van der Waals surface area (Å²) >= 11 is 0. The Morgan fingerprint density at radius 1 is 1.65 bits per heavy atom. The van der Waals surface area contributed by atoms with Crippen LogP contribution in [0.3, 0.4) is 0 Å². The summed E-state index contributed by atoms with van der Waals surface area (Å²) < 4.78 is 4.66. The topological polar surface area (TPSA) is 74.4 Å². The van der Waals surface area contributed by atoms with Crippen molar-refractivity contribution in [2.45, 2.75) is 12.6 Å². The van der Waals surface area contributed by atoms with E-state index >= 15 is 0 Å². The third-order valence-corrected chi connectivity index (χ3v) is 2.76. The van der Waals surface area contributed by atoms with E-state index in [4.69, 9.17) is 0 Å². The summed E-state index contributed by atoms with van der Waals surface area (Å²) in [7, 11) is 1.34. The fourth-order valence-corrected chi connectivity index (χ4v) is 1.83. The molecule has 92 valence electrons. The fraction of sp³-hybridized carbons (Fsp3) is 0.455. The number of aromatic amines is 1. The van der Waals surface area contributed by atoms with Gasteiger partial charge in [-0.15, -0.1) is 0 Å². The first-order valence-electron chi connectivity index (χ1n) is 5.42. The van der Waals surface area contributed by atoms with Crippen LogP contribution in [0.1, 0.15) is 5.69 Å². The first-order valence-corrected chi connectivity index (χ1v) is 5.42. The molecule has 1 saturated heterocycles. The van der Waals surface area contributed by atoms with Crippen molar-refractivity contribution in [1.82, 2.24) is 15.2 Å². The molecular formula is C11H15N3O3. The van der Waals surface area contributed by atoms with Gasteiger partial charge in [-0.1, -0.05) is 0 Å². The number of hydrogen-bond donors (Lipinski definition) is 2. The lowest BCUT2D eigenvalue weighted by Gasteiger charge is -2.31. The molecule has 0 spiro atoms. The van der Waals surface area contributed by atoms with Gasteiger partial charge >= 0.3 is 5.97 Å². The number of aromatic nitrogens is 1. The van der Waals surface area contributed by atoms with Crippen LogP contribution in [0.5, 0.6) is 0 Å². The van der Waals surface area contributed by atoms with Gasteiger partial charge in [0.1, 0.15) is 6.04 Å². The second-order valence-electron chi connectivity index (χ2n) is 3.93. The average molecular weight is 237 g/mol. The van der Waals surface area contributed by atoms with Crippen LogP contribution in [0.2, 0.25) is 0 Å². The lowest BCUT2D eigenvalue weighted by molar-refractivity contribution is -0.147. The number of nitrogens with zero attached hydrogens (tertiary/aromatic N) is 1. The van der Waals surface area contributed by atoms with Gasteiger partial charge in [0.25, 0.3) is 0 Å². The summed E-state index contributed by atoms with van der Waals surface area (Å²) in [6, 6.07) is 3.34. The monoisotopic (exact) mass is 237 g/mol. The number of rotatable bonds is 3. The molecule has 0 radical (unpaired) electrons. The quantitative estimate of drug-likeness (QED) is 0.694. The minimum atomic E-state index is -0.437. The van der Waals surface area contributed by atoms with Gasteiger partial charge in [-0.25, -0.2) is 0 Å². The maximum atomic E-state index is 11.7. The fourth-order valence-electron chi connectivity index (χ4n) is 1.83. The third-order valence-electron chi connectivity index (χ3n) is 2.76. The number of H-pyrrole nitrogens is 1. The van der Waals surface area contributed by atoms with Crippen LogP contribution in [0.4, 0.5) is 0 Å². The molecule has 1 unspecified atom stereocenters. The molecule has 1 aromatic rings. The Balaban J connectivity index is 2.00. The van der Waals surface area contributed by atoms with Crippen molar-refractivity contribution in [2.24, 2.45) is 0 Å². The Labute approximate surface area is 98.9 Å². The predicted octanol–water partition coefficient (Wildman–Crippen LogP) is -0.512. The molecule has 6 nitrogen and oxygen atoms in total. The maximum Gasteiger partial charge on any atom is 0.324 e. The highest BCUT2D eigenvalue weighted by Crippen LogP contribution is 2.07. The van der Waals surface area contributed by atoms with Gasteiger partial charge in [-0.05, 0) is 12.1 Å². The molecule has 0 bridgehead atoms. The normalized spacial score (nSPS) is 20.4. The van der Waals surface area contributed by atoms with Crippen LogP contribution < -0.4 is 5.32 Å². The molecule has 6 heteroatoms. The van der Waals surface area contributed by atoms with E-state index in [-0.39, 0.29) is 18.4 Å². The molecule has 17 heavy (non-hydrogen) atoms. The van der Waals surface area contributed by atoms with E-state index in [2.05, 4.69) is 15.0 Å². The lowest BCUT2D eigenvalue weighted by atomic mass is 10.2. The zero-order valence-electron chi connectivity index (χ0n) is 9.60. The second kappa shape index (κ2) is 5.01. The molecule has 0 aliphatic carbocycles. The largest absolute Gasteiger partial charge is 0.468 e. The van der Waals surface area contributed by atoms with Crippen molar-refractivity contribution >= 4 is 11.9 Å². The Morgan fingerprint density at radius 2 is 2.47 bits per heavy atom. The number of ether oxygens (including phenoxy) is 1. The first-order chi connectivity index (χ1) is 8.20. The Kier molecular flexibility index (Phi) is 3.43. The van der Waals surface area contributed by atoms with Gasteiger partial charge in [-0.3, -0.25) is 14.9 Å². The highest BCUT2D eigenvalue weighted by molar-refractivity contribution is 5.84. The highest BCUT2D eigenvalue weighted by atomic mass is 16.5. The number of piperazine rings is 1. The van der Waals surface area contributed by atoms with Gasteiger partial charge < -0.3 is 14.6 Å². The number of carbonyl (C=O) groups is 2. The zero-order chi connectivity index (χ0) is 12.3. The molecular weight excluding hydrogens is 222 g/mol. The van der Waals surface area contributed by atoms with Crippen LogP contribution in [-0.4, -0.2) is 48.0 Å². The van der Waals surface area contributed by atoms with Crippen molar-refractivity contribution in [2.75, 3.05) is 20.2 Å². The first kappa shape index (κ1) is 11.7. The smallest absolute Gasteiger partial charge is 0.324 e. The molecule has 0 aromatic carbocycles. The molecule has 1 aliphatic rings. The maximum absolute atomic E-state index is 11.7. The Morgan fingerprint density at radius 3 is 3.12 bits per heavy atom. The van der Waals surface area contributed by atoms with E-state index in [9.17, 15) is 9.59 Å². The molecule has 2 heterocycles. The average Bonchev–Trinajstić information content (AvgIpc) is 2.84. The molecule has 1 aliphatic heterocycles. The van der Waals surface area contributed by atoms with Crippen molar-refractivity contribution in [1.29, 1.82) is 0 Å². The van der Waals surface area contributed by atoms with Gasteiger partial charge in [-0.2, -0.15) is 0 Å². The SMILES string of the molecule is COC(=O)C1CN(Cc2ccc[nH]2)C(=O)CN1. The van der Waals surface area contributed by atoms with Crippen LogP contribution in [0.15, 0.2) is 18.3 Å². The van der Waals surface area contributed by atoms with E-state index in [0.717, 1.165) is 5.69 Å². The number of nitrogens with one attached hydrogen (secondary N) is 2. The van der Waals surface area contributed by atoms with E-state index < -0.39 is 6.04 Å². The van der Waals surface area contributed by atoms with E-state index in [1.54, 1.807) is 11.1 Å².